The van der Waals surface area contributed by atoms with Crippen molar-refractivity contribution in [1.82, 2.24) is 10.2 Å². The first-order chi connectivity index (χ1) is 19.3. The highest BCUT2D eigenvalue weighted by molar-refractivity contribution is 6.17. The van der Waals surface area contributed by atoms with Crippen molar-refractivity contribution < 1.29 is 34.2 Å². The maximum absolute atomic E-state index is 9.96. The smallest absolute Gasteiger partial charge is 0.504 e. The van der Waals surface area contributed by atoms with Crippen molar-refractivity contribution in [3.63, 3.8) is 0 Å². The summed E-state index contributed by atoms with van der Waals surface area (Å²) < 4.78 is 11.0. The van der Waals surface area contributed by atoms with Crippen molar-refractivity contribution in [2.75, 3.05) is 40.3 Å². The summed E-state index contributed by atoms with van der Waals surface area (Å²) in [7, 11) is 3.01. The molecular weight excluding hydrogens is 511 g/mol. The number of benzene rings is 3. The Morgan fingerprint density at radius 2 is 1.35 bits per heavy atom. The highest BCUT2D eigenvalue weighted by Crippen LogP contribution is 2.35. The first-order valence-electron chi connectivity index (χ1n) is 12.9. The van der Waals surface area contributed by atoms with Gasteiger partial charge in [-0.05, 0) is 72.6 Å². The average Bonchev–Trinajstić information content (AvgIpc) is 2.93. The fourth-order valence-electron chi connectivity index (χ4n) is 3.98. The number of carboxylic acid groups (broad SMARTS) is 2. The molecular formula is C30H37BN2O7. The SMILES string of the molecule is CC/C(=C(/c1ccc(OBO)cc1)c1ccc(OCCNC)cc1)c1ccccc1.CN(CC(=O)O)CC(=O)O. The highest BCUT2D eigenvalue weighted by Gasteiger charge is 2.13. The predicted molar refractivity (Wildman–Crippen MR) is 158 cm³/mol. The van der Waals surface area contributed by atoms with Crippen LogP contribution in [0, 0.1) is 0 Å². The third kappa shape index (κ3) is 10.9. The van der Waals surface area contributed by atoms with Gasteiger partial charge in [0.2, 0.25) is 0 Å². The zero-order valence-electron chi connectivity index (χ0n) is 23.2. The van der Waals surface area contributed by atoms with Gasteiger partial charge in [0.15, 0.2) is 0 Å². The van der Waals surface area contributed by atoms with Crippen molar-refractivity contribution in [2.45, 2.75) is 13.3 Å². The lowest BCUT2D eigenvalue weighted by Crippen LogP contribution is -2.30. The second-order valence-corrected chi connectivity index (χ2v) is 8.81. The van der Waals surface area contributed by atoms with E-state index >= 15 is 0 Å². The molecule has 3 aromatic rings. The third-order valence-corrected chi connectivity index (χ3v) is 5.73. The topological polar surface area (TPSA) is 129 Å². The van der Waals surface area contributed by atoms with Crippen molar-refractivity contribution >= 4 is 30.8 Å². The molecule has 0 aliphatic heterocycles. The van der Waals surface area contributed by atoms with Crippen LogP contribution in [0.1, 0.15) is 30.0 Å². The summed E-state index contributed by atoms with van der Waals surface area (Å²) in [5.74, 6) is -0.544. The number of hydrogen-bond donors (Lipinski definition) is 4. The number of rotatable bonds is 14. The van der Waals surface area contributed by atoms with E-state index in [1.807, 2.05) is 49.5 Å². The Morgan fingerprint density at radius 3 is 1.80 bits per heavy atom. The molecule has 0 radical (unpaired) electrons. The lowest BCUT2D eigenvalue weighted by Gasteiger charge is -2.17. The summed E-state index contributed by atoms with van der Waals surface area (Å²) in [6.45, 7) is 3.14. The fraction of sp³-hybridized carbons (Fsp3) is 0.267. The third-order valence-electron chi connectivity index (χ3n) is 5.73. The number of aliphatic carboxylic acids is 2. The van der Waals surface area contributed by atoms with E-state index in [2.05, 4.69) is 48.6 Å². The lowest BCUT2D eigenvalue weighted by molar-refractivity contribution is -0.141. The van der Waals surface area contributed by atoms with Crippen molar-refractivity contribution in [2.24, 2.45) is 0 Å². The number of hydrogen-bond acceptors (Lipinski definition) is 7. The molecule has 4 N–H and O–H groups in total. The second-order valence-electron chi connectivity index (χ2n) is 8.81. The van der Waals surface area contributed by atoms with Gasteiger partial charge in [-0.25, -0.2) is 0 Å². The molecule has 0 bridgehead atoms. The van der Waals surface area contributed by atoms with Gasteiger partial charge in [-0.15, -0.1) is 0 Å². The zero-order chi connectivity index (χ0) is 29.3. The van der Waals surface area contributed by atoms with Crippen molar-refractivity contribution in [3.8, 4) is 11.5 Å². The summed E-state index contributed by atoms with van der Waals surface area (Å²) in [4.78, 5) is 21.1. The molecule has 3 aromatic carbocycles. The predicted octanol–water partition coefficient (Wildman–Crippen LogP) is 3.38. The molecule has 10 heteroatoms. The van der Waals surface area contributed by atoms with E-state index in [1.54, 1.807) is 0 Å². The van der Waals surface area contributed by atoms with Crippen LogP contribution in [0.5, 0.6) is 11.5 Å². The summed E-state index contributed by atoms with van der Waals surface area (Å²) in [5, 5.41) is 28.4. The molecule has 0 saturated carbocycles. The lowest BCUT2D eigenvalue weighted by atomic mass is 9.88. The molecule has 0 aliphatic carbocycles. The Hall–Kier alpha value is -4.12. The largest absolute Gasteiger partial charge is 0.539 e. The van der Waals surface area contributed by atoms with Gasteiger partial charge in [-0.2, -0.15) is 0 Å². The Labute approximate surface area is 236 Å². The minimum Gasteiger partial charge on any atom is -0.539 e. The maximum atomic E-state index is 9.96. The number of likely N-dealkylation sites (N-methyl/N-ethyl adjacent to an activating group) is 2. The van der Waals surface area contributed by atoms with Crippen LogP contribution >= 0.6 is 0 Å². The Morgan fingerprint density at radius 1 is 0.825 bits per heavy atom. The molecule has 40 heavy (non-hydrogen) atoms. The molecule has 0 amide bonds. The first-order valence-corrected chi connectivity index (χ1v) is 12.9. The van der Waals surface area contributed by atoms with Gasteiger partial charge in [0.25, 0.3) is 0 Å². The van der Waals surface area contributed by atoms with E-state index in [-0.39, 0.29) is 20.8 Å². The zero-order valence-corrected chi connectivity index (χ0v) is 23.2. The van der Waals surface area contributed by atoms with E-state index in [1.165, 1.54) is 28.7 Å². The maximum Gasteiger partial charge on any atom is 0.504 e. The first kappa shape index (κ1) is 32.1. The standard InChI is InChI=1S/C25H28BNO3.C5H9NO4/c1-3-24(19-7-5-4-6-8-19)25(21-11-15-23(16-12-21)30-26-28)20-9-13-22(14-10-20)29-18-17-27-2;1-6(2-4(7)8)3-5(9)10/h4-16,26-28H,3,17-18H2,1-2H3;2-3H2,1H3,(H,7,8)(H,9,10)/b25-24-;. The van der Waals surface area contributed by atoms with Gasteiger partial charge in [-0.3, -0.25) is 14.5 Å². The summed E-state index contributed by atoms with van der Waals surface area (Å²) in [6, 6.07) is 26.6. The van der Waals surface area contributed by atoms with Crippen LogP contribution in [-0.2, 0) is 9.59 Å². The minimum atomic E-state index is -1.02. The molecule has 0 fully saturated rings. The Balaban J connectivity index is 0.000000478. The van der Waals surface area contributed by atoms with Gasteiger partial charge in [0.1, 0.15) is 18.1 Å². The molecule has 0 aliphatic rings. The monoisotopic (exact) mass is 548 g/mol. The van der Waals surface area contributed by atoms with Crippen LogP contribution in [0.4, 0.5) is 0 Å². The number of ether oxygens (including phenoxy) is 1. The van der Waals surface area contributed by atoms with Crippen LogP contribution in [0.3, 0.4) is 0 Å². The van der Waals surface area contributed by atoms with Gasteiger partial charge < -0.3 is 29.9 Å². The van der Waals surface area contributed by atoms with Crippen LogP contribution < -0.4 is 14.7 Å². The number of carboxylic acids is 2. The Bertz CT molecular complexity index is 1200. The molecule has 0 aromatic heterocycles. The molecule has 212 valence electrons. The second kappa shape index (κ2) is 17.5. The van der Waals surface area contributed by atoms with E-state index < -0.39 is 11.9 Å². The highest BCUT2D eigenvalue weighted by atomic mass is 16.5. The number of allylic oxidation sites excluding steroid dienone is 1. The quantitative estimate of drug-likeness (QED) is 0.136. The van der Waals surface area contributed by atoms with Crippen LogP contribution in [0.2, 0.25) is 0 Å². The normalized spacial score (nSPS) is 11.1. The van der Waals surface area contributed by atoms with E-state index in [0.29, 0.717) is 12.4 Å². The van der Waals surface area contributed by atoms with Gasteiger partial charge in [0.05, 0.1) is 13.1 Å². The van der Waals surface area contributed by atoms with Crippen LogP contribution in [0.25, 0.3) is 11.1 Å². The summed E-state index contributed by atoms with van der Waals surface area (Å²) in [5.41, 5.74) is 5.90. The van der Waals surface area contributed by atoms with Gasteiger partial charge >= 0.3 is 19.6 Å². The molecule has 0 unspecified atom stereocenters. The van der Waals surface area contributed by atoms with E-state index in [9.17, 15) is 9.59 Å². The fourth-order valence-corrected chi connectivity index (χ4v) is 3.98. The molecule has 0 heterocycles. The molecule has 0 atom stereocenters. The van der Waals surface area contributed by atoms with Crippen molar-refractivity contribution in [1.29, 1.82) is 0 Å². The number of nitrogens with zero attached hydrogens (tertiary/aromatic N) is 1. The molecule has 0 spiro atoms. The molecule has 3 rings (SSSR count). The van der Waals surface area contributed by atoms with E-state index in [0.717, 1.165) is 29.8 Å². The molecule has 9 nitrogen and oxygen atoms in total. The number of carbonyl (C=O) groups is 2. The molecule has 0 saturated heterocycles. The number of nitrogens with one attached hydrogen (secondary N) is 1. The van der Waals surface area contributed by atoms with Crippen molar-refractivity contribution in [3.05, 3.63) is 95.6 Å². The summed E-state index contributed by atoms with van der Waals surface area (Å²) in [6.07, 6.45) is 0.897. The van der Waals surface area contributed by atoms with E-state index in [4.69, 9.17) is 24.6 Å². The van der Waals surface area contributed by atoms with Gasteiger partial charge in [0, 0.05) is 6.54 Å². The average molecular weight is 548 g/mol. The van der Waals surface area contributed by atoms with Crippen LogP contribution in [-0.4, -0.2) is 80.1 Å². The van der Waals surface area contributed by atoms with Gasteiger partial charge in [-0.1, -0.05) is 61.5 Å². The summed E-state index contributed by atoms with van der Waals surface area (Å²) >= 11 is 0. The Kier molecular flexibility index (Phi) is 14.0. The van der Waals surface area contributed by atoms with Crippen LogP contribution in [0.15, 0.2) is 78.9 Å². The minimum absolute atomic E-state index is 0.244.